The van der Waals surface area contributed by atoms with E-state index in [9.17, 15) is 14.9 Å². The van der Waals surface area contributed by atoms with Crippen molar-refractivity contribution < 1.29 is 9.72 Å². The summed E-state index contributed by atoms with van der Waals surface area (Å²) in [6, 6.07) is 4.70. The second-order valence-electron chi connectivity index (χ2n) is 5.86. The Morgan fingerprint density at radius 2 is 2.05 bits per heavy atom. The molecule has 114 valence electrons. The number of hydrogen-bond acceptors (Lipinski definition) is 4. The highest BCUT2D eigenvalue weighted by Gasteiger charge is 2.37. The van der Waals surface area contributed by atoms with Crippen LogP contribution in [0.5, 0.6) is 0 Å². The third kappa shape index (κ3) is 3.21. The number of nitrogens with one attached hydrogen (secondary N) is 1. The number of carbonyl (C=O) groups excluding carboxylic acids is 1. The number of amides is 1. The lowest BCUT2D eigenvalue weighted by molar-refractivity contribution is -0.385. The molecule has 1 aromatic carbocycles. The normalized spacial score (nSPS) is 18.2. The Kier molecular flexibility index (Phi) is 4.27. The number of carbonyl (C=O) groups is 1. The Morgan fingerprint density at radius 3 is 2.62 bits per heavy atom. The highest BCUT2D eigenvalue weighted by atomic mass is 16.6. The van der Waals surface area contributed by atoms with E-state index >= 15 is 0 Å². The molecule has 1 unspecified atom stereocenters. The van der Waals surface area contributed by atoms with Crippen LogP contribution >= 0.6 is 0 Å². The molecular formula is C15H21N3O3. The zero-order valence-corrected chi connectivity index (χ0v) is 12.4. The predicted octanol–water partition coefficient (Wildman–Crippen LogP) is 2.35. The summed E-state index contributed by atoms with van der Waals surface area (Å²) in [7, 11) is 0. The third-order valence-corrected chi connectivity index (χ3v) is 4.23. The molecule has 0 aromatic heterocycles. The first kappa shape index (κ1) is 15.4. The summed E-state index contributed by atoms with van der Waals surface area (Å²) in [5, 5.41) is 13.9. The van der Waals surface area contributed by atoms with Crippen LogP contribution < -0.4 is 11.1 Å². The van der Waals surface area contributed by atoms with Crippen LogP contribution in [0, 0.1) is 17.0 Å². The van der Waals surface area contributed by atoms with Gasteiger partial charge in [0.2, 0.25) is 5.91 Å². The van der Waals surface area contributed by atoms with Crippen LogP contribution in [0.1, 0.15) is 49.8 Å². The molecule has 0 radical (unpaired) electrons. The number of hydrogen-bond donors (Lipinski definition) is 2. The molecule has 1 aromatic rings. The second kappa shape index (κ2) is 5.81. The van der Waals surface area contributed by atoms with E-state index in [-0.39, 0.29) is 17.6 Å². The van der Waals surface area contributed by atoms with Crippen molar-refractivity contribution in [1.82, 2.24) is 5.32 Å². The van der Waals surface area contributed by atoms with Crippen LogP contribution in [-0.4, -0.2) is 16.4 Å². The van der Waals surface area contributed by atoms with Crippen LogP contribution in [-0.2, 0) is 4.79 Å². The van der Waals surface area contributed by atoms with E-state index in [4.69, 9.17) is 5.73 Å². The van der Waals surface area contributed by atoms with Crippen molar-refractivity contribution in [2.45, 2.75) is 51.1 Å². The van der Waals surface area contributed by atoms with Gasteiger partial charge in [0.15, 0.2) is 0 Å². The average molecular weight is 291 g/mol. The van der Waals surface area contributed by atoms with Gasteiger partial charge in [-0.1, -0.05) is 25.0 Å². The average Bonchev–Trinajstić information content (AvgIpc) is 2.87. The van der Waals surface area contributed by atoms with Crippen molar-refractivity contribution >= 4 is 11.6 Å². The van der Waals surface area contributed by atoms with Crippen molar-refractivity contribution in [3.05, 3.63) is 39.4 Å². The molecule has 6 heteroatoms. The van der Waals surface area contributed by atoms with Gasteiger partial charge in [0.25, 0.3) is 5.69 Å². The molecular weight excluding hydrogens is 270 g/mol. The molecule has 0 saturated heterocycles. The summed E-state index contributed by atoms with van der Waals surface area (Å²) in [5.41, 5.74) is 6.71. The van der Waals surface area contributed by atoms with Crippen LogP contribution in [0.25, 0.3) is 0 Å². The van der Waals surface area contributed by atoms with E-state index in [1.54, 1.807) is 19.1 Å². The first-order valence-electron chi connectivity index (χ1n) is 7.18. The fourth-order valence-electron chi connectivity index (χ4n) is 2.75. The zero-order valence-electron chi connectivity index (χ0n) is 12.4. The van der Waals surface area contributed by atoms with Gasteiger partial charge < -0.3 is 11.1 Å². The summed E-state index contributed by atoms with van der Waals surface area (Å²) in [6.07, 6.45) is 3.32. The lowest BCUT2D eigenvalue weighted by Crippen LogP contribution is -2.52. The fourth-order valence-corrected chi connectivity index (χ4v) is 2.75. The predicted molar refractivity (Wildman–Crippen MR) is 79.8 cm³/mol. The maximum absolute atomic E-state index is 12.3. The van der Waals surface area contributed by atoms with Gasteiger partial charge in [-0.15, -0.1) is 0 Å². The SMILES string of the molecule is Cc1ccc(C(C)NC(=O)C2(N)CCCC2)cc1[N+](=O)[O-]. The van der Waals surface area contributed by atoms with Gasteiger partial charge in [-0.25, -0.2) is 0 Å². The van der Waals surface area contributed by atoms with Crippen LogP contribution in [0.15, 0.2) is 18.2 Å². The van der Waals surface area contributed by atoms with E-state index in [0.717, 1.165) is 12.8 Å². The smallest absolute Gasteiger partial charge is 0.272 e. The molecule has 21 heavy (non-hydrogen) atoms. The molecule has 0 spiro atoms. The highest BCUT2D eigenvalue weighted by Crippen LogP contribution is 2.29. The molecule has 0 aliphatic heterocycles. The zero-order chi connectivity index (χ0) is 15.6. The number of rotatable bonds is 4. The molecule has 1 saturated carbocycles. The molecule has 1 aliphatic rings. The Labute approximate surface area is 123 Å². The minimum Gasteiger partial charge on any atom is -0.348 e. The molecule has 1 fully saturated rings. The molecule has 2 rings (SSSR count). The topological polar surface area (TPSA) is 98.3 Å². The summed E-state index contributed by atoms with van der Waals surface area (Å²) >= 11 is 0. The Morgan fingerprint density at radius 1 is 1.43 bits per heavy atom. The first-order chi connectivity index (χ1) is 9.83. The van der Waals surface area contributed by atoms with Gasteiger partial charge >= 0.3 is 0 Å². The summed E-state index contributed by atoms with van der Waals surface area (Å²) < 4.78 is 0. The lowest BCUT2D eigenvalue weighted by atomic mass is 9.96. The Hall–Kier alpha value is -1.95. The van der Waals surface area contributed by atoms with E-state index in [1.165, 1.54) is 6.07 Å². The number of aryl methyl sites for hydroxylation is 1. The number of nitro groups is 1. The number of nitrogens with two attached hydrogens (primary N) is 1. The molecule has 1 aliphatic carbocycles. The van der Waals surface area contributed by atoms with E-state index < -0.39 is 10.5 Å². The highest BCUT2D eigenvalue weighted by molar-refractivity contribution is 5.86. The van der Waals surface area contributed by atoms with Crippen molar-refractivity contribution in [3.8, 4) is 0 Å². The van der Waals surface area contributed by atoms with Gasteiger partial charge in [-0.05, 0) is 32.3 Å². The number of nitrogens with zero attached hydrogens (tertiary/aromatic N) is 1. The first-order valence-corrected chi connectivity index (χ1v) is 7.18. The van der Waals surface area contributed by atoms with Crippen LogP contribution in [0.2, 0.25) is 0 Å². The van der Waals surface area contributed by atoms with E-state index in [1.807, 2.05) is 6.92 Å². The van der Waals surface area contributed by atoms with Crippen molar-refractivity contribution in [3.63, 3.8) is 0 Å². The summed E-state index contributed by atoms with van der Waals surface area (Å²) in [4.78, 5) is 22.8. The summed E-state index contributed by atoms with van der Waals surface area (Å²) in [5.74, 6) is -0.171. The van der Waals surface area contributed by atoms with Gasteiger partial charge in [0.1, 0.15) is 0 Å². The molecule has 3 N–H and O–H groups in total. The quantitative estimate of drug-likeness (QED) is 0.657. The Bertz CT molecular complexity index is 565. The number of nitro benzene ring substituents is 1. The largest absolute Gasteiger partial charge is 0.348 e. The standard InChI is InChI=1S/C15H21N3O3/c1-10-5-6-12(9-13(10)18(20)21)11(2)17-14(19)15(16)7-3-4-8-15/h5-6,9,11H,3-4,7-8,16H2,1-2H3,(H,17,19). The van der Waals surface area contributed by atoms with Crippen LogP contribution in [0.3, 0.4) is 0 Å². The van der Waals surface area contributed by atoms with Gasteiger partial charge in [0, 0.05) is 11.6 Å². The molecule has 0 bridgehead atoms. The Balaban J connectivity index is 2.13. The van der Waals surface area contributed by atoms with E-state index in [0.29, 0.717) is 24.0 Å². The van der Waals surface area contributed by atoms with Crippen molar-refractivity contribution in [2.75, 3.05) is 0 Å². The molecule has 0 heterocycles. The maximum Gasteiger partial charge on any atom is 0.272 e. The summed E-state index contributed by atoms with van der Waals surface area (Å²) in [6.45, 7) is 3.50. The minimum absolute atomic E-state index is 0.0666. The molecule has 1 atom stereocenters. The minimum atomic E-state index is -0.787. The molecule has 1 amide bonds. The van der Waals surface area contributed by atoms with Gasteiger partial charge in [0.05, 0.1) is 16.5 Å². The molecule has 6 nitrogen and oxygen atoms in total. The fraction of sp³-hybridized carbons (Fsp3) is 0.533. The third-order valence-electron chi connectivity index (χ3n) is 4.23. The second-order valence-corrected chi connectivity index (χ2v) is 5.86. The van der Waals surface area contributed by atoms with Crippen molar-refractivity contribution in [2.24, 2.45) is 5.73 Å². The lowest BCUT2D eigenvalue weighted by Gasteiger charge is -2.25. The van der Waals surface area contributed by atoms with Gasteiger partial charge in [-0.3, -0.25) is 14.9 Å². The van der Waals surface area contributed by atoms with Crippen LogP contribution in [0.4, 0.5) is 5.69 Å². The van der Waals surface area contributed by atoms with Crippen molar-refractivity contribution in [1.29, 1.82) is 0 Å². The number of benzene rings is 1. The van der Waals surface area contributed by atoms with Gasteiger partial charge in [-0.2, -0.15) is 0 Å². The van der Waals surface area contributed by atoms with E-state index in [2.05, 4.69) is 5.32 Å². The monoisotopic (exact) mass is 291 g/mol. The maximum atomic E-state index is 12.3.